The van der Waals surface area contributed by atoms with Crippen molar-refractivity contribution >= 4 is 5.95 Å². The summed E-state index contributed by atoms with van der Waals surface area (Å²) in [4.78, 5) is 19.7. The van der Waals surface area contributed by atoms with Crippen LogP contribution in [0.1, 0.15) is 35.8 Å². The molecule has 20 heavy (non-hydrogen) atoms. The zero-order chi connectivity index (χ0) is 13.9. The fourth-order valence-electron chi connectivity index (χ4n) is 2.77. The highest BCUT2D eigenvalue weighted by Crippen LogP contribution is 2.27. The Morgan fingerprint density at radius 2 is 1.80 bits per heavy atom. The fourth-order valence-corrected chi connectivity index (χ4v) is 2.77. The zero-order valence-corrected chi connectivity index (χ0v) is 12.0. The number of nitrogens with zero attached hydrogens (tertiary/aromatic N) is 5. The summed E-state index contributed by atoms with van der Waals surface area (Å²) in [5.74, 6) is 1.39. The van der Waals surface area contributed by atoms with E-state index in [4.69, 9.17) is 0 Å². The smallest absolute Gasteiger partial charge is 0.225 e. The molecule has 2 aromatic rings. The van der Waals surface area contributed by atoms with E-state index < -0.39 is 0 Å². The molecule has 5 nitrogen and oxygen atoms in total. The molecular formula is C15H19N5. The molecule has 3 heterocycles. The molecule has 0 bridgehead atoms. The predicted molar refractivity (Wildman–Crippen MR) is 77.7 cm³/mol. The van der Waals surface area contributed by atoms with Gasteiger partial charge in [-0.2, -0.15) is 0 Å². The molecule has 1 aliphatic rings. The molecule has 1 aliphatic heterocycles. The summed E-state index contributed by atoms with van der Waals surface area (Å²) >= 11 is 0. The van der Waals surface area contributed by atoms with Gasteiger partial charge < -0.3 is 4.90 Å². The van der Waals surface area contributed by atoms with Crippen LogP contribution in [0.2, 0.25) is 0 Å². The summed E-state index contributed by atoms with van der Waals surface area (Å²) in [5.41, 5.74) is 3.22. The summed E-state index contributed by atoms with van der Waals surface area (Å²) in [7, 11) is 0. The van der Waals surface area contributed by atoms with Crippen molar-refractivity contribution < 1.29 is 0 Å². The number of anilines is 1. The lowest BCUT2D eigenvalue weighted by molar-refractivity contribution is 0.489. The average molecular weight is 269 g/mol. The number of piperidine rings is 1. The van der Waals surface area contributed by atoms with Gasteiger partial charge in [0.15, 0.2) is 0 Å². The number of hydrogen-bond acceptors (Lipinski definition) is 5. The van der Waals surface area contributed by atoms with E-state index in [9.17, 15) is 0 Å². The van der Waals surface area contributed by atoms with Gasteiger partial charge in [-0.15, -0.1) is 0 Å². The molecule has 3 rings (SSSR count). The lowest BCUT2D eigenvalue weighted by atomic mass is 9.93. The van der Waals surface area contributed by atoms with Crippen molar-refractivity contribution in [2.24, 2.45) is 0 Å². The second kappa shape index (κ2) is 5.53. The van der Waals surface area contributed by atoms with Gasteiger partial charge in [-0.05, 0) is 38.8 Å². The van der Waals surface area contributed by atoms with Crippen molar-refractivity contribution in [3.63, 3.8) is 0 Å². The van der Waals surface area contributed by atoms with Gasteiger partial charge in [-0.25, -0.2) is 19.9 Å². The van der Waals surface area contributed by atoms with Gasteiger partial charge in [0.05, 0.1) is 0 Å². The summed E-state index contributed by atoms with van der Waals surface area (Å²) in [6.45, 7) is 6.01. The highest BCUT2D eigenvalue weighted by molar-refractivity contribution is 5.33. The van der Waals surface area contributed by atoms with E-state index in [1.807, 2.05) is 32.2 Å². The number of aryl methyl sites for hydroxylation is 2. The Bertz CT molecular complexity index is 556. The van der Waals surface area contributed by atoms with Gasteiger partial charge >= 0.3 is 0 Å². The molecule has 2 aromatic heterocycles. The predicted octanol–water partition coefficient (Wildman–Crippen LogP) is 2.27. The average Bonchev–Trinajstić information content (AvgIpc) is 2.47. The maximum absolute atomic E-state index is 4.54. The second-order valence-corrected chi connectivity index (χ2v) is 5.35. The molecule has 104 valence electrons. The second-order valence-electron chi connectivity index (χ2n) is 5.35. The molecule has 0 aliphatic carbocycles. The lowest BCUT2D eigenvalue weighted by Gasteiger charge is -2.31. The van der Waals surface area contributed by atoms with E-state index >= 15 is 0 Å². The maximum atomic E-state index is 4.54. The van der Waals surface area contributed by atoms with E-state index in [1.165, 1.54) is 0 Å². The summed E-state index contributed by atoms with van der Waals surface area (Å²) in [5, 5.41) is 0. The van der Waals surface area contributed by atoms with Crippen LogP contribution in [0.4, 0.5) is 5.95 Å². The van der Waals surface area contributed by atoms with Crippen LogP contribution in [0.15, 0.2) is 24.7 Å². The van der Waals surface area contributed by atoms with Crippen molar-refractivity contribution in [2.45, 2.75) is 32.6 Å². The van der Waals surface area contributed by atoms with E-state index in [0.29, 0.717) is 5.92 Å². The third kappa shape index (κ3) is 2.76. The van der Waals surface area contributed by atoms with Gasteiger partial charge in [-0.3, -0.25) is 0 Å². The first-order chi connectivity index (χ1) is 9.72. The van der Waals surface area contributed by atoms with E-state index in [-0.39, 0.29) is 0 Å². The Kier molecular flexibility index (Phi) is 3.58. The van der Waals surface area contributed by atoms with Crippen LogP contribution in [0, 0.1) is 13.8 Å². The van der Waals surface area contributed by atoms with Crippen molar-refractivity contribution in [3.8, 4) is 0 Å². The van der Waals surface area contributed by atoms with Crippen LogP contribution in [-0.2, 0) is 0 Å². The van der Waals surface area contributed by atoms with Gasteiger partial charge in [0.25, 0.3) is 0 Å². The molecule has 5 heteroatoms. The van der Waals surface area contributed by atoms with Crippen molar-refractivity contribution in [1.29, 1.82) is 0 Å². The molecule has 0 radical (unpaired) electrons. The van der Waals surface area contributed by atoms with E-state index in [0.717, 1.165) is 49.0 Å². The molecular weight excluding hydrogens is 250 g/mol. The minimum Gasteiger partial charge on any atom is -0.341 e. The van der Waals surface area contributed by atoms with Gasteiger partial charge in [0.1, 0.15) is 6.33 Å². The SMILES string of the molecule is Cc1cc(C)nc(N2CCC(c3ccncn3)CC2)n1. The van der Waals surface area contributed by atoms with Crippen LogP contribution in [-0.4, -0.2) is 33.0 Å². The van der Waals surface area contributed by atoms with Crippen LogP contribution >= 0.6 is 0 Å². The summed E-state index contributed by atoms with van der Waals surface area (Å²) in [6.07, 6.45) is 5.64. The molecule has 0 N–H and O–H groups in total. The van der Waals surface area contributed by atoms with Crippen molar-refractivity contribution in [2.75, 3.05) is 18.0 Å². The Labute approximate surface area is 119 Å². The van der Waals surface area contributed by atoms with Crippen molar-refractivity contribution in [1.82, 2.24) is 19.9 Å². The zero-order valence-electron chi connectivity index (χ0n) is 12.0. The van der Waals surface area contributed by atoms with Crippen LogP contribution in [0.3, 0.4) is 0 Å². The Morgan fingerprint density at radius 1 is 1.10 bits per heavy atom. The monoisotopic (exact) mass is 269 g/mol. The first kappa shape index (κ1) is 13.0. The minimum atomic E-state index is 0.528. The highest BCUT2D eigenvalue weighted by Gasteiger charge is 2.23. The van der Waals surface area contributed by atoms with E-state index in [2.05, 4.69) is 24.8 Å². The number of aromatic nitrogens is 4. The van der Waals surface area contributed by atoms with E-state index in [1.54, 1.807) is 6.33 Å². The summed E-state index contributed by atoms with van der Waals surface area (Å²) < 4.78 is 0. The molecule has 0 unspecified atom stereocenters. The quantitative estimate of drug-likeness (QED) is 0.837. The largest absolute Gasteiger partial charge is 0.341 e. The first-order valence-corrected chi connectivity index (χ1v) is 7.05. The molecule has 0 atom stereocenters. The standard InChI is InChI=1S/C15H19N5/c1-11-9-12(2)19-15(18-11)20-7-4-13(5-8-20)14-3-6-16-10-17-14/h3,6,9-10,13H,4-5,7-8H2,1-2H3. The van der Waals surface area contributed by atoms with Gasteiger partial charge in [-0.1, -0.05) is 0 Å². The Morgan fingerprint density at radius 3 is 2.40 bits per heavy atom. The fraction of sp³-hybridized carbons (Fsp3) is 0.467. The van der Waals surface area contributed by atoms with Crippen LogP contribution in [0.25, 0.3) is 0 Å². The maximum Gasteiger partial charge on any atom is 0.225 e. The minimum absolute atomic E-state index is 0.528. The highest BCUT2D eigenvalue weighted by atomic mass is 15.3. The molecule has 0 spiro atoms. The van der Waals surface area contributed by atoms with Crippen molar-refractivity contribution in [3.05, 3.63) is 41.7 Å². The van der Waals surface area contributed by atoms with Crippen LogP contribution < -0.4 is 4.90 Å². The Hall–Kier alpha value is -2.04. The molecule has 0 amide bonds. The molecule has 1 fully saturated rings. The molecule has 0 aromatic carbocycles. The summed E-state index contributed by atoms with van der Waals surface area (Å²) in [6, 6.07) is 4.03. The third-order valence-electron chi connectivity index (χ3n) is 3.77. The lowest BCUT2D eigenvalue weighted by Crippen LogP contribution is -2.34. The topological polar surface area (TPSA) is 54.8 Å². The number of hydrogen-bond donors (Lipinski definition) is 0. The third-order valence-corrected chi connectivity index (χ3v) is 3.77. The normalized spacial score (nSPS) is 16.4. The van der Waals surface area contributed by atoms with Crippen LogP contribution in [0.5, 0.6) is 0 Å². The number of rotatable bonds is 2. The Balaban J connectivity index is 1.69. The molecule has 1 saturated heterocycles. The van der Waals surface area contributed by atoms with Gasteiger partial charge in [0.2, 0.25) is 5.95 Å². The molecule has 0 saturated carbocycles. The van der Waals surface area contributed by atoms with Gasteiger partial charge in [0, 0.05) is 42.3 Å². The first-order valence-electron chi connectivity index (χ1n) is 7.05.